The Hall–Kier alpha value is -2.29. The molecule has 3 nitrogen and oxygen atoms in total. The van der Waals surface area contributed by atoms with Crippen LogP contribution >= 0.6 is 0 Å². The zero-order valence-corrected chi connectivity index (χ0v) is 11.3. The summed E-state index contributed by atoms with van der Waals surface area (Å²) in [7, 11) is 0. The largest absolute Gasteiger partial charge is 0.398 e. The molecule has 3 aromatic rings. The van der Waals surface area contributed by atoms with Crippen molar-refractivity contribution in [1.29, 1.82) is 0 Å². The number of benzene rings is 2. The summed E-state index contributed by atoms with van der Waals surface area (Å²) in [6.45, 7) is 6.16. The Morgan fingerprint density at radius 1 is 0.947 bits per heavy atom. The fourth-order valence-electron chi connectivity index (χ4n) is 2.19. The number of nitrogens with zero attached hydrogens (tertiary/aromatic N) is 1. The third-order valence-corrected chi connectivity index (χ3v) is 3.64. The molecule has 19 heavy (non-hydrogen) atoms. The van der Waals surface area contributed by atoms with Crippen molar-refractivity contribution in [3.63, 3.8) is 0 Å². The molecule has 1 heterocycles. The number of rotatable bonds is 1. The SMILES string of the molecule is Cc1cc2onc(-c3ccc(C)c(N)c3)c2cc1C. The standard InChI is InChI=1S/C16H16N2O/c1-9-4-5-12(8-14(9)17)16-13-6-10(2)11(3)7-15(13)19-18-16/h4-8H,17H2,1-3H3. The van der Waals surface area contributed by atoms with Crippen LogP contribution in [0.1, 0.15) is 16.7 Å². The van der Waals surface area contributed by atoms with Crippen molar-refractivity contribution < 1.29 is 4.52 Å². The smallest absolute Gasteiger partial charge is 0.167 e. The van der Waals surface area contributed by atoms with E-state index in [-0.39, 0.29) is 0 Å². The molecular weight excluding hydrogens is 236 g/mol. The van der Waals surface area contributed by atoms with Crippen LogP contribution < -0.4 is 5.73 Å². The lowest BCUT2D eigenvalue weighted by Crippen LogP contribution is -1.90. The summed E-state index contributed by atoms with van der Waals surface area (Å²) in [6, 6.07) is 10.1. The van der Waals surface area contributed by atoms with Crippen molar-refractivity contribution in [2.45, 2.75) is 20.8 Å². The summed E-state index contributed by atoms with van der Waals surface area (Å²) in [5, 5.41) is 5.22. The molecule has 2 N–H and O–H groups in total. The summed E-state index contributed by atoms with van der Waals surface area (Å²) in [5.74, 6) is 0. The lowest BCUT2D eigenvalue weighted by molar-refractivity contribution is 0.459. The highest BCUT2D eigenvalue weighted by Crippen LogP contribution is 2.31. The second kappa shape index (κ2) is 4.12. The minimum Gasteiger partial charge on any atom is -0.398 e. The maximum Gasteiger partial charge on any atom is 0.167 e. The average molecular weight is 252 g/mol. The van der Waals surface area contributed by atoms with Gasteiger partial charge >= 0.3 is 0 Å². The van der Waals surface area contributed by atoms with Crippen LogP contribution in [0, 0.1) is 20.8 Å². The Morgan fingerprint density at radius 3 is 2.42 bits per heavy atom. The van der Waals surface area contributed by atoms with Crippen LogP contribution in [0.15, 0.2) is 34.9 Å². The molecule has 0 amide bonds. The van der Waals surface area contributed by atoms with Gasteiger partial charge in [0.1, 0.15) is 5.69 Å². The Morgan fingerprint density at radius 2 is 1.68 bits per heavy atom. The van der Waals surface area contributed by atoms with Gasteiger partial charge in [-0.2, -0.15) is 0 Å². The molecule has 0 aliphatic heterocycles. The van der Waals surface area contributed by atoms with Gasteiger partial charge in [-0.1, -0.05) is 17.3 Å². The fraction of sp³-hybridized carbons (Fsp3) is 0.188. The summed E-state index contributed by atoms with van der Waals surface area (Å²) in [5.41, 5.74) is 12.9. The van der Waals surface area contributed by atoms with Crippen LogP contribution in [0.2, 0.25) is 0 Å². The van der Waals surface area contributed by atoms with E-state index in [1.807, 2.05) is 31.2 Å². The molecule has 0 spiro atoms. The van der Waals surface area contributed by atoms with Crippen molar-refractivity contribution in [3.8, 4) is 11.3 Å². The van der Waals surface area contributed by atoms with Crippen LogP contribution in [-0.4, -0.2) is 5.16 Å². The number of aromatic nitrogens is 1. The molecule has 3 heteroatoms. The van der Waals surface area contributed by atoms with Gasteiger partial charge in [0.2, 0.25) is 0 Å². The zero-order chi connectivity index (χ0) is 13.6. The van der Waals surface area contributed by atoms with E-state index in [4.69, 9.17) is 10.3 Å². The molecule has 0 fully saturated rings. The zero-order valence-electron chi connectivity index (χ0n) is 11.3. The highest BCUT2D eigenvalue weighted by Gasteiger charge is 2.12. The fourth-order valence-corrected chi connectivity index (χ4v) is 2.19. The van der Waals surface area contributed by atoms with Gasteiger partial charge in [0.05, 0.1) is 0 Å². The molecule has 0 saturated carbocycles. The first kappa shape index (κ1) is 11.8. The Kier molecular flexibility index (Phi) is 2.56. The minimum atomic E-state index is 0.775. The first-order valence-corrected chi connectivity index (χ1v) is 6.29. The number of hydrogen-bond acceptors (Lipinski definition) is 3. The first-order chi connectivity index (χ1) is 9.06. The molecule has 0 bridgehead atoms. The van der Waals surface area contributed by atoms with Crippen LogP contribution in [0.5, 0.6) is 0 Å². The number of aryl methyl sites for hydroxylation is 3. The molecule has 0 saturated heterocycles. The summed E-state index contributed by atoms with van der Waals surface area (Å²) >= 11 is 0. The van der Waals surface area contributed by atoms with E-state index >= 15 is 0 Å². The lowest BCUT2D eigenvalue weighted by Gasteiger charge is -2.03. The minimum absolute atomic E-state index is 0.775. The Labute approximate surface area is 112 Å². The molecule has 1 aromatic heterocycles. The highest BCUT2D eigenvalue weighted by molar-refractivity contribution is 5.93. The molecule has 0 unspecified atom stereocenters. The first-order valence-electron chi connectivity index (χ1n) is 6.29. The van der Waals surface area contributed by atoms with Gasteiger partial charge in [-0.3, -0.25) is 0 Å². The van der Waals surface area contributed by atoms with Crippen LogP contribution in [0.25, 0.3) is 22.2 Å². The maximum atomic E-state index is 5.97. The molecule has 0 aliphatic carbocycles. The van der Waals surface area contributed by atoms with Crippen LogP contribution in [-0.2, 0) is 0 Å². The molecule has 2 aromatic carbocycles. The van der Waals surface area contributed by atoms with Crippen molar-refractivity contribution in [2.75, 3.05) is 5.73 Å². The van der Waals surface area contributed by atoms with Crippen molar-refractivity contribution in [3.05, 3.63) is 47.0 Å². The predicted octanol–water partition coefficient (Wildman–Crippen LogP) is 4.00. The quantitative estimate of drug-likeness (QED) is 0.666. The molecule has 96 valence electrons. The third-order valence-electron chi connectivity index (χ3n) is 3.64. The van der Waals surface area contributed by atoms with Gasteiger partial charge in [0, 0.05) is 16.6 Å². The topological polar surface area (TPSA) is 52.0 Å². The second-order valence-electron chi connectivity index (χ2n) is 5.04. The summed E-state index contributed by atoms with van der Waals surface area (Å²) in [4.78, 5) is 0. The lowest BCUT2D eigenvalue weighted by atomic mass is 10.0. The number of fused-ring (bicyclic) bond motifs is 1. The number of hydrogen-bond donors (Lipinski definition) is 1. The predicted molar refractivity (Wildman–Crippen MR) is 78.1 cm³/mol. The van der Waals surface area contributed by atoms with E-state index in [0.29, 0.717) is 0 Å². The number of nitrogen functional groups attached to an aromatic ring is 1. The normalized spacial score (nSPS) is 11.1. The number of nitrogens with two attached hydrogens (primary N) is 1. The molecule has 0 radical (unpaired) electrons. The van der Waals surface area contributed by atoms with Crippen molar-refractivity contribution in [2.24, 2.45) is 0 Å². The van der Waals surface area contributed by atoms with Gasteiger partial charge in [0.25, 0.3) is 0 Å². The maximum absolute atomic E-state index is 5.97. The average Bonchev–Trinajstić information content (AvgIpc) is 2.76. The monoisotopic (exact) mass is 252 g/mol. The van der Waals surface area contributed by atoms with E-state index in [1.165, 1.54) is 11.1 Å². The van der Waals surface area contributed by atoms with Crippen LogP contribution in [0.3, 0.4) is 0 Å². The molecule has 3 rings (SSSR count). The summed E-state index contributed by atoms with van der Waals surface area (Å²) < 4.78 is 5.42. The van der Waals surface area contributed by atoms with Crippen LogP contribution in [0.4, 0.5) is 5.69 Å². The molecule has 0 atom stereocenters. The molecule has 0 aliphatic rings. The van der Waals surface area contributed by atoms with E-state index in [0.717, 1.165) is 33.5 Å². The van der Waals surface area contributed by atoms with Gasteiger partial charge in [-0.05, 0) is 55.7 Å². The summed E-state index contributed by atoms with van der Waals surface area (Å²) in [6.07, 6.45) is 0. The Balaban J connectivity index is 2.25. The highest BCUT2D eigenvalue weighted by atomic mass is 16.5. The number of anilines is 1. The van der Waals surface area contributed by atoms with E-state index in [9.17, 15) is 0 Å². The van der Waals surface area contributed by atoms with E-state index in [1.54, 1.807) is 0 Å². The van der Waals surface area contributed by atoms with Crippen molar-refractivity contribution >= 4 is 16.7 Å². The van der Waals surface area contributed by atoms with Gasteiger partial charge in [-0.15, -0.1) is 0 Å². The third kappa shape index (κ3) is 1.87. The van der Waals surface area contributed by atoms with Crippen molar-refractivity contribution in [1.82, 2.24) is 5.16 Å². The van der Waals surface area contributed by atoms with E-state index < -0.39 is 0 Å². The van der Waals surface area contributed by atoms with Gasteiger partial charge in [0.15, 0.2) is 5.58 Å². The Bertz CT molecular complexity index is 772. The van der Waals surface area contributed by atoms with E-state index in [2.05, 4.69) is 25.1 Å². The molecular formula is C16H16N2O. The second-order valence-corrected chi connectivity index (χ2v) is 5.04. The van der Waals surface area contributed by atoms with Gasteiger partial charge < -0.3 is 10.3 Å². The van der Waals surface area contributed by atoms with Gasteiger partial charge in [-0.25, -0.2) is 0 Å².